The summed E-state index contributed by atoms with van der Waals surface area (Å²) in [6, 6.07) is 9.81. The molecule has 0 aromatic heterocycles. The van der Waals surface area contributed by atoms with Gasteiger partial charge in [0.1, 0.15) is 0 Å². The molecule has 4 heteroatoms. The number of thioether (sulfide) groups is 1. The third-order valence-electron chi connectivity index (χ3n) is 2.23. The summed E-state index contributed by atoms with van der Waals surface area (Å²) in [5.41, 5.74) is 1.01. The van der Waals surface area contributed by atoms with E-state index >= 15 is 0 Å². The van der Waals surface area contributed by atoms with Crippen LogP contribution in [0.1, 0.15) is 6.92 Å². The van der Waals surface area contributed by atoms with Crippen molar-refractivity contribution < 1.29 is 9.53 Å². The molecule has 0 aliphatic rings. The number of nitrogens with zero attached hydrogens (tertiary/aromatic N) is 1. The molecule has 1 atom stereocenters. The largest absolute Gasteiger partial charge is 0.464 e. The second-order valence-electron chi connectivity index (χ2n) is 3.29. The van der Waals surface area contributed by atoms with E-state index in [0.717, 1.165) is 5.69 Å². The van der Waals surface area contributed by atoms with Crippen molar-refractivity contribution in [3.8, 4) is 0 Å². The van der Waals surface area contributed by atoms with Crippen LogP contribution in [0.25, 0.3) is 0 Å². The molecule has 16 heavy (non-hydrogen) atoms. The third-order valence-corrected chi connectivity index (χ3v) is 3.18. The number of carbonyl (C=O) groups excluding carboxylic acids is 1. The van der Waals surface area contributed by atoms with Crippen LogP contribution in [0.3, 0.4) is 0 Å². The van der Waals surface area contributed by atoms with Crippen molar-refractivity contribution in [2.75, 3.05) is 24.8 Å². The van der Waals surface area contributed by atoms with E-state index in [9.17, 15) is 4.79 Å². The fourth-order valence-corrected chi connectivity index (χ4v) is 2.12. The Labute approximate surface area is 101 Å². The zero-order chi connectivity index (χ0) is 12.0. The van der Waals surface area contributed by atoms with Gasteiger partial charge in [-0.05, 0) is 25.3 Å². The van der Waals surface area contributed by atoms with Crippen molar-refractivity contribution in [2.45, 2.75) is 12.3 Å². The first kappa shape index (κ1) is 12.9. The smallest absolute Gasteiger partial charge is 0.339 e. The Kier molecular flexibility index (Phi) is 5.19. The molecule has 0 amide bonds. The van der Waals surface area contributed by atoms with Gasteiger partial charge in [0.05, 0.1) is 6.61 Å². The number of rotatable bonds is 5. The van der Waals surface area contributed by atoms with E-state index in [2.05, 4.69) is 0 Å². The van der Waals surface area contributed by atoms with Crippen molar-refractivity contribution in [1.29, 1.82) is 0 Å². The first-order valence-corrected chi connectivity index (χ1v) is 6.46. The van der Waals surface area contributed by atoms with Crippen LogP contribution in [0, 0.1) is 0 Å². The normalized spacial score (nSPS) is 11.9. The van der Waals surface area contributed by atoms with Gasteiger partial charge in [-0.3, -0.25) is 0 Å². The summed E-state index contributed by atoms with van der Waals surface area (Å²) in [6.07, 6.45) is 1.90. The van der Waals surface area contributed by atoms with E-state index in [4.69, 9.17) is 4.74 Å². The van der Waals surface area contributed by atoms with Crippen molar-refractivity contribution in [1.82, 2.24) is 0 Å². The molecule has 0 saturated heterocycles. The molecule has 0 heterocycles. The maximum Gasteiger partial charge on any atom is 0.339 e. The molecule has 1 aromatic carbocycles. The Hall–Kier alpha value is -1.16. The molecule has 0 aliphatic carbocycles. The molecular weight excluding hydrogens is 222 g/mol. The number of hydrogen-bond donors (Lipinski definition) is 0. The molecule has 0 fully saturated rings. The first-order valence-electron chi connectivity index (χ1n) is 5.18. The van der Waals surface area contributed by atoms with Gasteiger partial charge in [-0.15, -0.1) is 11.8 Å². The Morgan fingerprint density at radius 2 is 2.06 bits per heavy atom. The van der Waals surface area contributed by atoms with Gasteiger partial charge in [0, 0.05) is 12.7 Å². The number of esters is 1. The number of benzene rings is 1. The van der Waals surface area contributed by atoms with E-state index in [1.165, 1.54) is 11.8 Å². The lowest BCUT2D eigenvalue weighted by Crippen LogP contribution is -2.37. The highest BCUT2D eigenvalue weighted by atomic mass is 32.2. The zero-order valence-electron chi connectivity index (χ0n) is 9.84. The molecule has 88 valence electrons. The van der Waals surface area contributed by atoms with Crippen molar-refractivity contribution in [2.24, 2.45) is 0 Å². The molecule has 0 N–H and O–H groups in total. The van der Waals surface area contributed by atoms with Gasteiger partial charge < -0.3 is 9.64 Å². The van der Waals surface area contributed by atoms with Crippen LogP contribution in [-0.2, 0) is 9.53 Å². The lowest BCUT2D eigenvalue weighted by atomic mass is 10.3. The third kappa shape index (κ3) is 3.17. The van der Waals surface area contributed by atoms with Crippen LogP contribution in [0.2, 0.25) is 0 Å². The van der Waals surface area contributed by atoms with E-state index in [1.807, 2.05) is 55.5 Å². The molecular formula is C12H17NO2S. The van der Waals surface area contributed by atoms with Gasteiger partial charge in [-0.1, -0.05) is 18.2 Å². The Bertz CT molecular complexity index is 329. The maximum atomic E-state index is 11.7. The monoisotopic (exact) mass is 239 g/mol. The second kappa shape index (κ2) is 6.43. The van der Waals surface area contributed by atoms with E-state index in [0.29, 0.717) is 6.61 Å². The quantitative estimate of drug-likeness (QED) is 0.583. The van der Waals surface area contributed by atoms with Crippen LogP contribution >= 0.6 is 11.8 Å². The van der Waals surface area contributed by atoms with Gasteiger partial charge in [0.25, 0.3) is 0 Å². The number of carbonyl (C=O) groups is 1. The van der Waals surface area contributed by atoms with Crippen molar-refractivity contribution in [3.05, 3.63) is 30.3 Å². The Morgan fingerprint density at radius 3 is 2.56 bits per heavy atom. The molecule has 0 bridgehead atoms. The number of hydrogen-bond acceptors (Lipinski definition) is 4. The van der Waals surface area contributed by atoms with Gasteiger partial charge in [-0.2, -0.15) is 0 Å². The fraction of sp³-hybridized carbons (Fsp3) is 0.417. The van der Waals surface area contributed by atoms with E-state index in [-0.39, 0.29) is 11.3 Å². The molecule has 1 rings (SSSR count). The second-order valence-corrected chi connectivity index (χ2v) is 4.20. The average Bonchev–Trinajstić information content (AvgIpc) is 2.31. The van der Waals surface area contributed by atoms with Crippen molar-refractivity contribution in [3.63, 3.8) is 0 Å². The highest BCUT2D eigenvalue weighted by molar-refractivity contribution is 8.00. The molecule has 0 saturated carbocycles. The summed E-state index contributed by atoms with van der Waals surface area (Å²) in [5.74, 6) is -0.193. The summed E-state index contributed by atoms with van der Waals surface area (Å²) >= 11 is 1.47. The molecule has 0 spiro atoms. The molecule has 0 aliphatic heterocycles. The van der Waals surface area contributed by atoms with Crippen LogP contribution in [0.15, 0.2) is 30.3 Å². The first-order chi connectivity index (χ1) is 7.70. The lowest BCUT2D eigenvalue weighted by molar-refractivity contribution is -0.142. The minimum Gasteiger partial charge on any atom is -0.464 e. The van der Waals surface area contributed by atoms with Gasteiger partial charge >= 0.3 is 5.97 Å². The van der Waals surface area contributed by atoms with Gasteiger partial charge in [0.2, 0.25) is 0 Å². The number of ether oxygens (including phenoxy) is 1. The van der Waals surface area contributed by atoms with Crippen LogP contribution in [-0.4, -0.2) is 31.3 Å². The minimum absolute atomic E-state index is 0.193. The molecule has 1 aromatic rings. The average molecular weight is 239 g/mol. The Balaban J connectivity index is 2.77. The van der Waals surface area contributed by atoms with Crippen LogP contribution in [0.5, 0.6) is 0 Å². The topological polar surface area (TPSA) is 29.5 Å². The SMILES string of the molecule is CCOC(=O)C(SC)N(C)c1ccccc1. The number of likely N-dealkylation sites (N-methyl/N-ethyl adjacent to an activating group) is 1. The maximum absolute atomic E-state index is 11.7. The van der Waals surface area contributed by atoms with Gasteiger partial charge in [0.15, 0.2) is 5.37 Å². The molecule has 1 unspecified atom stereocenters. The fourth-order valence-electron chi connectivity index (χ4n) is 1.42. The standard InChI is InChI=1S/C12H17NO2S/c1-4-15-12(14)11(16-3)13(2)10-8-6-5-7-9-10/h5-9,11H,4H2,1-3H3. The highest BCUT2D eigenvalue weighted by Crippen LogP contribution is 2.20. The van der Waals surface area contributed by atoms with Gasteiger partial charge in [-0.25, -0.2) is 4.79 Å². The lowest BCUT2D eigenvalue weighted by Gasteiger charge is -2.26. The summed E-state index contributed by atoms with van der Waals surface area (Å²) < 4.78 is 5.04. The predicted molar refractivity (Wildman–Crippen MR) is 68.8 cm³/mol. The van der Waals surface area contributed by atoms with E-state index < -0.39 is 0 Å². The summed E-state index contributed by atoms with van der Waals surface area (Å²) in [6.45, 7) is 2.23. The molecule has 3 nitrogen and oxygen atoms in total. The van der Waals surface area contributed by atoms with Crippen molar-refractivity contribution >= 4 is 23.4 Å². The number of anilines is 1. The molecule has 0 radical (unpaired) electrons. The number of para-hydroxylation sites is 1. The summed E-state index contributed by atoms with van der Waals surface area (Å²) in [4.78, 5) is 13.6. The summed E-state index contributed by atoms with van der Waals surface area (Å²) in [7, 11) is 1.90. The highest BCUT2D eigenvalue weighted by Gasteiger charge is 2.23. The zero-order valence-corrected chi connectivity index (χ0v) is 10.7. The summed E-state index contributed by atoms with van der Waals surface area (Å²) in [5, 5.41) is -0.289. The Morgan fingerprint density at radius 1 is 1.44 bits per heavy atom. The van der Waals surface area contributed by atoms with E-state index in [1.54, 1.807) is 0 Å². The van der Waals surface area contributed by atoms with Crippen LogP contribution in [0.4, 0.5) is 5.69 Å². The predicted octanol–water partition coefficient (Wildman–Crippen LogP) is 2.38. The van der Waals surface area contributed by atoms with Crippen LogP contribution < -0.4 is 4.90 Å². The minimum atomic E-state index is -0.289.